The summed E-state index contributed by atoms with van der Waals surface area (Å²) in [5, 5.41) is 2.38. The zero-order valence-electron chi connectivity index (χ0n) is 13.2. The molecule has 4 rings (SSSR count). The second kappa shape index (κ2) is 6.15. The van der Waals surface area contributed by atoms with Crippen molar-refractivity contribution in [2.45, 2.75) is 4.90 Å². The highest BCUT2D eigenvalue weighted by molar-refractivity contribution is 8.27. The van der Waals surface area contributed by atoms with Gasteiger partial charge in [-0.05, 0) is 35.9 Å². The molecule has 0 unspecified atom stereocenters. The van der Waals surface area contributed by atoms with Crippen LogP contribution in [0.5, 0.6) is 0 Å². The van der Waals surface area contributed by atoms with E-state index in [1.807, 2.05) is 0 Å². The molecular formula is C18H12N2O4S2. The summed E-state index contributed by atoms with van der Waals surface area (Å²) in [5.74, 6) is 0. The molecule has 0 spiro atoms. The molecule has 0 radical (unpaired) electrons. The van der Waals surface area contributed by atoms with Gasteiger partial charge in [0.1, 0.15) is 0 Å². The molecule has 1 N–H and O–H groups in total. The van der Waals surface area contributed by atoms with Crippen LogP contribution in [0.3, 0.4) is 0 Å². The number of nitrogens with zero attached hydrogens (tertiary/aromatic N) is 1. The Morgan fingerprint density at radius 2 is 1.73 bits per heavy atom. The van der Waals surface area contributed by atoms with Gasteiger partial charge in [0.15, 0.2) is 0 Å². The minimum absolute atomic E-state index is 0.186. The van der Waals surface area contributed by atoms with Gasteiger partial charge in [-0.3, -0.25) is 9.59 Å². The van der Waals surface area contributed by atoms with Gasteiger partial charge >= 0.3 is 0 Å². The largest absolute Gasteiger partial charge is 0.313 e. The van der Waals surface area contributed by atoms with Crippen molar-refractivity contribution >= 4 is 49.1 Å². The molecule has 130 valence electrons. The summed E-state index contributed by atoms with van der Waals surface area (Å²) in [7, 11) is -3.73. The number of rotatable bonds is 3. The molecule has 1 aromatic heterocycles. The topological polar surface area (TPSA) is 85.2 Å². The molecule has 1 fully saturated rings. The van der Waals surface area contributed by atoms with Crippen molar-refractivity contribution in [2.75, 3.05) is 0 Å². The second-order valence-corrected chi connectivity index (χ2v) is 8.33. The van der Waals surface area contributed by atoms with E-state index < -0.39 is 15.3 Å². The summed E-state index contributed by atoms with van der Waals surface area (Å²) < 4.78 is 27.0. The van der Waals surface area contributed by atoms with E-state index in [2.05, 4.69) is 5.32 Å². The third-order valence-corrected chi connectivity index (χ3v) is 6.37. The number of amides is 1. The predicted molar refractivity (Wildman–Crippen MR) is 100 cm³/mol. The van der Waals surface area contributed by atoms with Crippen LogP contribution >= 0.6 is 11.8 Å². The molecule has 1 aliphatic rings. The van der Waals surface area contributed by atoms with E-state index in [4.69, 9.17) is 0 Å². The monoisotopic (exact) mass is 384 g/mol. The van der Waals surface area contributed by atoms with E-state index >= 15 is 0 Å². The maximum Gasteiger partial charge on any atom is 0.291 e. The van der Waals surface area contributed by atoms with Crippen LogP contribution < -0.4 is 5.32 Å². The first-order valence-electron chi connectivity index (χ1n) is 7.62. The highest BCUT2D eigenvalue weighted by atomic mass is 32.2. The lowest BCUT2D eigenvalue weighted by atomic mass is 10.1. The molecule has 6 nitrogen and oxygen atoms in total. The summed E-state index contributed by atoms with van der Waals surface area (Å²) >= 11 is 0.602. The van der Waals surface area contributed by atoms with Gasteiger partial charge in [-0.1, -0.05) is 30.3 Å². The maximum atomic E-state index is 12.9. The molecule has 0 bridgehead atoms. The standard InChI is InChI=1S/C18H12N2O4S2/c21-17-15(19-18(22)25-17)11-12-5-4-8-16-14(12)9-10-20(16)26(23,24)13-6-2-1-3-7-13/h1-11H,(H,19,22). The van der Waals surface area contributed by atoms with Crippen molar-refractivity contribution in [3.63, 3.8) is 0 Å². The fraction of sp³-hybridized carbons (Fsp3) is 0. The molecule has 1 saturated heterocycles. The van der Waals surface area contributed by atoms with Gasteiger partial charge in [0.2, 0.25) is 5.12 Å². The number of carbonyl (C=O) groups is 2. The van der Waals surface area contributed by atoms with Crippen molar-refractivity contribution in [3.8, 4) is 0 Å². The Balaban J connectivity index is 1.85. The highest BCUT2D eigenvalue weighted by Crippen LogP contribution is 2.28. The molecule has 26 heavy (non-hydrogen) atoms. The third-order valence-electron chi connectivity index (χ3n) is 3.97. The lowest BCUT2D eigenvalue weighted by Crippen LogP contribution is -2.11. The molecule has 2 heterocycles. The summed E-state index contributed by atoms with van der Waals surface area (Å²) in [5.41, 5.74) is 1.33. The van der Waals surface area contributed by atoms with E-state index in [1.165, 1.54) is 22.3 Å². The van der Waals surface area contributed by atoms with Gasteiger partial charge in [0.05, 0.1) is 16.1 Å². The van der Waals surface area contributed by atoms with Crippen molar-refractivity contribution in [3.05, 3.63) is 72.1 Å². The summed E-state index contributed by atoms with van der Waals surface area (Å²) in [6.07, 6.45) is 3.04. The van der Waals surface area contributed by atoms with Crippen molar-refractivity contribution in [1.82, 2.24) is 9.29 Å². The van der Waals surface area contributed by atoms with Crippen LogP contribution in [0.15, 0.2) is 71.4 Å². The normalized spacial score (nSPS) is 16.4. The van der Waals surface area contributed by atoms with Crippen molar-refractivity contribution in [1.29, 1.82) is 0 Å². The molecule has 0 aliphatic carbocycles. The zero-order valence-corrected chi connectivity index (χ0v) is 14.9. The minimum atomic E-state index is -3.73. The van der Waals surface area contributed by atoms with Gasteiger partial charge in [0.25, 0.3) is 15.3 Å². The number of nitrogens with one attached hydrogen (secondary N) is 1. The van der Waals surface area contributed by atoms with E-state index in [-0.39, 0.29) is 15.7 Å². The average molecular weight is 384 g/mol. The van der Waals surface area contributed by atoms with E-state index in [0.717, 1.165) is 0 Å². The van der Waals surface area contributed by atoms with Crippen LogP contribution in [0.1, 0.15) is 5.56 Å². The van der Waals surface area contributed by atoms with Crippen LogP contribution in [0.25, 0.3) is 17.0 Å². The Bertz CT molecular complexity index is 1180. The fourth-order valence-electron chi connectivity index (χ4n) is 2.78. The number of thioether (sulfide) groups is 1. The van der Waals surface area contributed by atoms with Crippen molar-refractivity contribution < 1.29 is 18.0 Å². The minimum Gasteiger partial charge on any atom is -0.313 e. The Morgan fingerprint density at radius 1 is 0.962 bits per heavy atom. The molecule has 3 aromatic rings. The average Bonchev–Trinajstić information content (AvgIpc) is 3.20. The van der Waals surface area contributed by atoms with Crippen molar-refractivity contribution in [2.24, 2.45) is 0 Å². The van der Waals surface area contributed by atoms with E-state index in [1.54, 1.807) is 48.5 Å². The first-order chi connectivity index (χ1) is 12.5. The summed E-state index contributed by atoms with van der Waals surface area (Å²) in [6, 6.07) is 15.0. The first kappa shape index (κ1) is 16.6. The van der Waals surface area contributed by atoms with Crippen LogP contribution in [-0.2, 0) is 14.8 Å². The van der Waals surface area contributed by atoms with Crippen LogP contribution in [-0.4, -0.2) is 22.7 Å². The fourth-order valence-corrected chi connectivity index (χ4v) is 4.70. The summed E-state index contributed by atoms with van der Waals surface area (Å²) in [6.45, 7) is 0. The van der Waals surface area contributed by atoms with Gasteiger partial charge < -0.3 is 5.32 Å². The Hall–Kier alpha value is -2.84. The highest BCUT2D eigenvalue weighted by Gasteiger charge is 2.26. The second-order valence-electron chi connectivity index (χ2n) is 5.57. The number of carbonyl (C=O) groups excluding carboxylic acids is 2. The quantitative estimate of drug-likeness (QED) is 0.701. The molecule has 0 atom stereocenters. The lowest BCUT2D eigenvalue weighted by molar-refractivity contribution is -0.107. The first-order valence-corrected chi connectivity index (χ1v) is 9.88. The predicted octanol–water partition coefficient (Wildman–Crippen LogP) is 3.20. The number of hydrogen-bond acceptors (Lipinski definition) is 5. The van der Waals surface area contributed by atoms with Gasteiger partial charge in [0, 0.05) is 23.3 Å². The van der Waals surface area contributed by atoms with E-state index in [0.29, 0.717) is 28.2 Å². The molecule has 1 aliphatic heterocycles. The Morgan fingerprint density at radius 3 is 2.42 bits per heavy atom. The van der Waals surface area contributed by atoms with Crippen LogP contribution in [0, 0.1) is 0 Å². The number of benzene rings is 2. The van der Waals surface area contributed by atoms with Crippen LogP contribution in [0.4, 0.5) is 4.79 Å². The van der Waals surface area contributed by atoms with Gasteiger partial charge in [-0.2, -0.15) is 0 Å². The Kier molecular flexibility index (Phi) is 3.93. The zero-order chi connectivity index (χ0) is 18.3. The van der Waals surface area contributed by atoms with Gasteiger partial charge in [-0.25, -0.2) is 12.4 Å². The molecular weight excluding hydrogens is 372 g/mol. The Labute approximate surface area is 153 Å². The smallest absolute Gasteiger partial charge is 0.291 e. The maximum absolute atomic E-state index is 12.9. The third kappa shape index (κ3) is 2.73. The van der Waals surface area contributed by atoms with E-state index in [9.17, 15) is 18.0 Å². The molecule has 8 heteroatoms. The SMILES string of the molecule is O=C1NC(=Cc2cccc3c2ccn3S(=O)(=O)c2ccccc2)C(=O)S1. The van der Waals surface area contributed by atoms with Gasteiger partial charge in [-0.15, -0.1) is 0 Å². The number of fused-ring (bicyclic) bond motifs is 1. The number of hydrogen-bond donors (Lipinski definition) is 1. The number of aromatic nitrogens is 1. The van der Waals surface area contributed by atoms with Crippen LogP contribution in [0.2, 0.25) is 0 Å². The summed E-state index contributed by atoms with van der Waals surface area (Å²) in [4.78, 5) is 23.3. The molecule has 1 amide bonds. The molecule has 2 aromatic carbocycles. The molecule has 0 saturated carbocycles. The lowest BCUT2D eigenvalue weighted by Gasteiger charge is -2.08.